The van der Waals surface area contributed by atoms with Crippen molar-refractivity contribution in [2.75, 3.05) is 14.1 Å². The number of hydrogen-bond donors (Lipinski definition) is 0. The summed E-state index contributed by atoms with van der Waals surface area (Å²) in [5.74, 6) is 0.707. The molecule has 0 saturated heterocycles. The summed E-state index contributed by atoms with van der Waals surface area (Å²) in [5.41, 5.74) is 2.16. The van der Waals surface area contributed by atoms with E-state index in [1.807, 2.05) is 44.2 Å². The zero-order chi connectivity index (χ0) is 13.7. The molecule has 1 unspecified atom stereocenters. The van der Waals surface area contributed by atoms with Crippen LogP contribution in [0, 0.1) is 0 Å². The Hall–Kier alpha value is -1.77. The van der Waals surface area contributed by atoms with E-state index >= 15 is 0 Å². The van der Waals surface area contributed by atoms with Crippen LogP contribution in [0.15, 0.2) is 30.3 Å². The van der Waals surface area contributed by atoms with E-state index < -0.39 is 6.10 Å². The van der Waals surface area contributed by atoms with E-state index in [2.05, 4.69) is 0 Å². The van der Waals surface area contributed by atoms with E-state index in [0.717, 1.165) is 16.9 Å². The maximum absolute atomic E-state index is 11.8. The van der Waals surface area contributed by atoms with Gasteiger partial charge in [0.1, 0.15) is 5.75 Å². The number of nitrogens with zero attached hydrogens (tertiary/aromatic N) is 1. The van der Waals surface area contributed by atoms with Gasteiger partial charge in [-0.2, -0.15) is 0 Å². The van der Waals surface area contributed by atoms with Crippen molar-refractivity contribution in [1.29, 1.82) is 0 Å². The quantitative estimate of drug-likeness (QED) is 0.818. The summed E-state index contributed by atoms with van der Waals surface area (Å²) >= 11 is 0. The molecule has 3 heteroatoms. The number of benzene rings is 1. The van der Waals surface area contributed by atoms with Crippen molar-refractivity contribution in [2.24, 2.45) is 0 Å². The molecule has 0 bridgehead atoms. The summed E-state index contributed by atoms with van der Waals surface area (Å²) in [4.78, 5) is 13.3. The SMILES string of the molecule is C/C=C(/C)c1ccccc1OC(C)C(=O)N(C)C. The molecule has 0 fully saturated rings. The third kappa shape index (κ3) is 3.36. The van der Waals surface area contributed by atoms with Crippen molar-refractivity contribution in [3.8, 4) is 5.75 Å². The fraction of sp³-hybridized carbons (Fsp3) is 0.400. The zero-order valence-corrected chi connectivity index (χ0v) is 11.7. The molecule has 1 aromatic rings. The van der Waals surface area contributed by atoms with Gasteiger partial charge in [-0.3, -0.25) is 4.79 Å². The Morgan fingerprint density at radius 2 is 1.94 bits per heavy atom. The van der Waals surface area contributed by atoms with Gasteiger partial charge in [-0.05, 0) is 32.4 Å². The molecular formula is C15H21NO2. The fourth-order valence-corrected chi connectivity index (χ4v) is 1.66. The van der Waals surface area contributed by atoms with Crippen molar-refractivity contribution in [3.63, 3.8) is 0 Å². The van der Waals surface area contributed by atoms with Gasteiger partial charge in [0.15, 0.2) is 6.10 Å². The number of carbonyl (C=O) groups is 1. The van der Waals surface area contributed by atoms with Gasteiger partial charge in [0.2, 0.25) is 0 Å². The molecule has 0 aliphatic rings. The summed E-state index contributed by atoms with van der Waals surface area (Å²) in [7, 11) is 3.45. The van der Waals surface area contributed by atoms with Gasteiger partial charge in [0.05, 0.1) is 0 Å². The molecular weight excluding hydrogens is 226 g/mol. The molecule has 1 aromatic carbocycles. The van der Waals surface area contributed by atoms with Crippen molar-refractivity contribution in [3.05, 3.63) is 35.9 Å². The molecule has 3 nitrogen and oxygen atoms in total. The minimum Gasteiger partial charge on any atom is -0.480 e. The Bertz CT molecular complexity index is 450. The predicted octanol–water partition coefficient (Wildman–Crippen LogP) is 2.97. The summed E-state index contributed by atoms with van der Waals surface area (Å²) in [6.07, 6.45) is 1.55. The first-order chi connectivity index (χ1) is 8.47. The maximum Gasteiger partial charge on any atom is 0.262 e. The van der Waals surface area contributed by atoms with E-state index in [9.17, 15) is 4.79 Å². The van der Waals surface area contributed by atoms with Crippen LogP contribution in [0.25, 0.3) is 5.57 Å². The largest absolute Gasteiger partial charge is 0.480 e. The van der Waals surface area contributed by atoms with Gasteiger partial charge in [0.25, 0.3) is 5.91 Å². The lowest BCUT2D eigenvalue weighted by molar-refractivity contribution is -0.135. The van der Waals surface area contributed by atoms with E-state index in [1.165, 1.54) is 4.90 Å². The van der Waals surface area contributed by atoms with Crippen LogP contribution in [0.2, 0.25) is 0 Å². The molecule has 18 heavy (non-hydrogen) atoms. The minimum atomic E-state index is -0.481. The second-order valence-electron chi connectivity index (χ2n) is 4.46. The van der Waals surface area contributed by atoms with Crippen LogP contribution in [0.3, 0.4) is 0 Å². The zero-order valence-electron chi connectivity index (χ0n) is 11.7. The van der Waals surface area contributed by atoms with E-state index in [-0.39, 0.29) is 5.91 Å². The van der Waals surface area contributed by atoms with Crippen molar-refractivity contribution in [2.45, 2.75) is 26.9 Å². The van der Waals surface area contributed by atoms with Gasteiger partial charge >= 0.3 is 0 Å². The summed E-state index contributed by atoms with van der Waals surface area (Å²) < 4.78 is 5.76. The van der Waals surface area contributed by atoms with Crippen LogP contribution in [0.1, 0.15) is 26.3 Å². The van der Waals surface area contributed by atoms with Gasteiger partial charge in [-0.25, -0.2) is 0 Å². The number of likely N-dealkylation sites (N-methyl/N-ethyl adjacent to an activating group) is 1. The lowest BCUT2D eigenvalue weighted by Gasteiger charge is -2.20. The Morgan fingerprint density at radius 1 is 1.33 bits per heavy atom. The second kappa shape index (κ2) is 6.24. The number of para-hydroxylation sites is 1. The van der Waals surface area contributed by atoms with Crippen LogP contribution < -0.4 is 4.74 Å². The first kappa shape index (κ1) is 14.3. The third-order valence-electron chi connectivity index (χ3n) is 2.84. The van der Waals surface area contributed by atoms with Crippen LogP contribution in [0.5, 0.6) is 5.75 Å². The van der Waals surface area contributed by atoms with E-state index in [0.29, 0.717) is 0 Å². The third-order valence-corrected chi connectivity index (χ3v) is 2.84. The van der Waals surface area contributed by atoms with Gasteiger partial charge in [-0.15, -0.1) is 0 Å². The molecule has 0 spiro atoms. The molecule has 98 valence electrons. The Balaban J connectivity index is 2.95. The molecule has 0 N–H and O–H groups in total. The molecule has 0 saturated carbocycles. The minimum absolute atomic E-state index is 0.0389. The molecule has 0 radical (unpaired) electrons. The first-order valence-electron chi connectivity index (χ1n) is 6.07. The average Bonchev–Trinajstić information content (AvgIpc) is 2.37. The average molecular weight is 247 g/mol. The lowest BCUT2D eigenvalue weighted by Crippen LogP contribution is -2.35. The monoisotopic (exact) mass is 247 g/mol. The van der Waals surface area contributed by atoms with Crippen molar-refractivity contribution >= 4 is 11.5 Å². The van der Waals surface area contributed by atoms with Crippen LogP contribution >= 0.6 is 0 Å². The van der Waals surface area contributed by atoms with Gasteiger partial charge in [-0.1, -0.05) is 24.3 Å². The Labute approximate surface area is 109 Å². The maximum atomic E-state index is 11.8. The highest BCUT2D eigenvalue weighted by atomic mass is 16.5. The summed E-state index contributed by atoms with van der Waals surface area (Å²) in [5, 5.41) is 0. The fourth-order valence-electron chi connectivity index (χ4n) is 1.66. The van der Waals surface area contributed by atoms with Crippen molar-refractivity contribution < 1.29 is 9.53 Å². The van der Waals surface area contributed by atoms with Crippen molar-refractivity contribution in [1.82, 2.24) is 4.90 Å². The Kier molecular flexibility index (Phi) is 4.95. The van der Waals surface area contributed by atoms with E-state index in [1.54, 1.807) is 21.0 Å². The Morgan fingerprint density at radius 3 is 2.50 bits per heavy atom. The number of allylic oxidation sites excluding steroid dienone is 2. The number of rotatable bonds is 4. The smallest absolute Gasteiger partial charge is 0.262 e. The van der Waals surface area contributed by atoms with Gasteiger partial charge in [0, 0.05) is 19.7 Å². The molecule has 0 aliphatic heterocycles. The normalized spacial score (nSPS) is 13.1. The lowest BCUT2D eigenvalue weighted by atomic mass is 10.1. The number of hydrogen-bond acceptors (Lipinski definition) is 2. The number of amides is 1. The number of carbonyl (C=O) groups excluding carboxylic acids is 1. The molecule has 0 aliphatic carbocycles. The molecule has 1 rings (SSSR count). The van der Waals surface area contributed by atoms with E-state index in [4.69, 9.17) is 4.74 Å². The number of ether oxygens (including phenoxy) is 1. The molecule has 0 aromatic heterocycles. The highest BCUT2D eigenvalue weighted by Gasteiger charge is 2.17. The first-order valence-corrected chi connectivity index (χ1v) is 6.07. The summed E-state index contributed by atoms with van der Waals surface area (Å²) in [6, 6.07) is 7.77. The standard InChI is InChI=1S/C15H21NO2/c1-6-11(2)13-9-7-8-10-14(13)18-12(3)15(17)16(4)5/h6-10,12H,1-5H3/b11-6-. The highest BCUT2D eigenvalue weighted by Crippen LogP contribution is 2.26. The van der Waals surface area contributed by atoms with Gasteiger partial charge < -0.3 is 9.64 Å². The summed E-state index contributed by atoms with van der Waals surface area (Å²) in [6.45, 7) is 5.78. The molecule has 0 heterocycles. The van der Waals surface area contributed by atoms with Crippen LogP contribution in [0.4, 0.5) is 0 Å². The molecule has 1 amide bonds. The topological polar surface area (TPSA) is 29.5 Å². The highest BCUT2D eigenvalue weighted by molar-refractivity contribution is 5.80. The van der Waals surface area contributed by atoms with Crippen LogP contribution in [-0.2, 0) is 4.79 Å². The van der Waals surface area contributed by atoms with Crippen LogP contribution in [-0.4, -0.2) is 31.0 Å². The molecule has 1 atom stereocenters. The second-order valence-corrected chi connectivity index (χ2v) is 4.46. The predicted molar refractivity (Wildman–Crippen MR) is 74.6 cm³/mol.